The predicted octanol–water partition coefficient (Wildman–Crippen LogP) is 2.43. The van der Waals surface area contributed by atoms with Gasteiger partial charge in [0.2, 0.25) is 0 Å². The summed E-state index contributed by atoms with van der Waals surface area (Å²) in [6.07, 6.45) is 14.5. The molecule has 2 aliphatic rings. The topological polar surface area (TPSA) is 12.0 Å². The Kier molecular flexibility index (Phi) is 1.71. The molecule has 1 aliphatic heterocycles. The van der Waals surface area contributed by atoms with Crippen LogP contribution in [0.1, 0.15) is 6.92 Å². The second-order valence-corrected chi connectivity index (χ2v) is 2.95. The summed E-state index contributed by atoms with van der Waals surface area (Å²) in [5.41, 5.74) is 3.67. The lowest BCUT2D eigenvalue weighted by Gasteiger charge is -2.09. The molecule has 0 aromatic rings. The van der Waals surface area contributed by atoms with Crippen molar-refractivity contribution in [3.05, 3.63) is 59.5 Å². The molecule has 0 atom stereocenters. The first-order valence-corrected chi connectivity index (χ1v) is 4.07. The zero-order valence-corrected chi connectivity index (χ0v) is 7.04. The van der Waals surface area contributed by atoms with E-state index < -0.39 is 0 Å². The summed E-state index contributed by atoms with van der Waals surface area (Å²) in [7, 11) is 0. The maximum atomic E-state index is 3.24. The van der Waals surface area contributed by atoms with Gasteiger partial charge in [-0.2, -0.15) is 0 Å². The van der Waals surface area contributed by atoms with Gasteiger partial charge in [-0.05, 0) is 24.1 Å². The third kappa shape index (κ3) is 1.26. The van der Waals surface area contributed by atoms with Crippen LogP contribution in [0.15, 0.2) is 59.5 Å². The van der Waals surface area contributed by atoms with Crippen molar-refractivity contribution in [2.24, 2.45) is 0 Å². The Hall–Kier alpha value is -1.50. The Balaban J connectivity index is 2.29. The van der Waals surface area contributed by atoms with E-state index in [0.717, 1.165) is 0 Å². The molecule has 0 saturated heterocycles. The number of hydrogen-bond acceptors (Lipinski definition) is 1. The lowest BCUT2D eigenvalue weighted by atomic mass is 10.1. The Labute approximate surface area is 72.5 Å². The molecule has 1 heteroatoms. The highest BCUT2D eigenvalue weighted by Gasteiger charge is 2.01. The van der Waals surface area contributed by atoms with Gasteiger partial charge in [0.15, 0.2) is 0 Å². The second kappa shape index (κ2) is 2.86. The molecule has 0 unspecified atom stereocenters. The van der Waals surface area contributed by atoms with Crippen molar-refractivity contribution in [2.75, 3.05) is 0 Å². The van der Waals surface area contributed by atoms with E-state index in [4.69, 9.17) is 0 Å². The number of hydrogen-bond donors (Lipinski definition) is 1. The predicted molar refractivity (Wildman–Crippen MR) is 51.3 cm³/mol. The SMILES string of the molecule is CC1=CNC(=C2C=CC=C2)C=C1. The quantitative estimate of drug-likeness (QED) is 0.569. The highest BCUT2D eigenvalue weighted by molar-refractivity contribution is 5.48. The molecule has 0 aromatic carbocycles. The summed E-state index contributed by atoms with van der Waals surface area (Å²) in [4.78, 5) is 0. The van der Waals surface area contributed by atoms with Crippen molar-refractivity contribution < 1.29 is 0 Å². The third-order valence-electron chi connectivity index (χ3n) is 1.94. The molecule has 1 nitrogen and oxygen atoms in total. The molecular formula is C11H11N. The van der Waals surface area contributed by atoms with Crippen molar-refractivity contribution >= 4 is 0 Å². The van der Waals surface area contributed by atoms with E-state index >= 15 is 0 Å². The van der Waals surface area contributed by atoms with Crippen LogP contribution in [0.4, 0.5) is 0 Å². The van der Waals surface area contributed by atoms with Gasteiger partial charge in [0, 0.05) is 11.9 Å². The fourth-order valence-corrected chi connectivity index (χ4v) is 1.24. The molecular weight excluding hydrogens is 146 g/mol. The van der Waals surface area contributed by atoms with E-state index in [0.29, 0.717) is 0 Å². The van der Waals surface area contributed by atoms with Gasteiger partial charge >= 0.3 is 0 Å². The van der Waals surface area contributed by atoms with E-state index in [-0.39, 0.29) is 0 Å². The average Bonchev–Trinajstić information content (AvgIpc) is 2.58. The van der Waals surface area contributed by atoms with Crippen LogP contribution in [0.3, 0.4) is 0 Å². The Morgan fingerprint density at radius 2 is 1.75 bits per heavy atom. The minimum atomic E-state index is 1.17. The van der Waals surface area contributed by atoms with Crippen LogP contribution in [-0.4, -0.2) is 0 Å². The summed E-state index contributed by atoms with van der Waals surface area (Å²) in [5, 5.41) is 3.24. The largest absolute Gasteiger partial charge is 0.361 e. The van der Waals surface area contributed by atoms with Crippen LogP contribution < -0.4 is 5.32 Å². The van der Waals surface area contributed by atoms with Gasteiger partial charge < -0.3 is 5.32 Å². The highest BCUT2D eigenvalue weighted by atomic mass is 14.9. The van der Waals surface area contributed by atoms with Gasteiger partial charge in [0.1, 0.15) is 0 Å². The fourth-order valence-electron chi connectivity index (χ4n) is 1.24. The molecule has 1 aliphatic carbocycles. The van der Waals surface area contributed by atoms with Crippen molar-refractivity contribution in [1.29, 1.82) is 0 Å². The number of rotatable bonds is 0. The first-order chi connectivity index (χ1) is 5.86. The number of nitrogens with one attached hydrogen (secondary N) is 1. The van der Waals surface area contributed by atoms with Crippen LogP contribution in [0.25, 0.3) is 0 Å². The standard InChI is InChI=1S/C11H11N/c1-9-6-7-11(12-8-9)10-4-2-3-5-10/h2-8,12H,1H3. The van der Waals surface area contributed by atoms with Crippen molar-refractivity contribution in [3.63, 3.8) is 0 Å². The molecule has 0 saturated carbocycles. The minimum Gasteiger partial charge on any atom is -0.361 e. The van der Waals surface area contributed by atoms with Crippen LogP contribution in [0.5, 0.6) is 0 Å². The normalized spacial score (nSPS) is 19.9. The van der Waals surface area contributed by atoms with Crippen LogP contribution in [0.2, 0.25) is 0 Å². The van der Waals surface area contributed by atoms with Gasteiger partial charge in [0.25, 0.3) is 0 Å². The molecule has 0 radical (unpaired) electrons. The zero-order valence-electron chi connectivity index (χ0n) is 7.04. The molecule has 0 aromatic heterocycles. The monoisotopic (exact) mass is 157 g/mol. The van der Waals surface area contributed by atoms with E-state index in [1.54, 1.807) is 0 Å². The third-order valence-corrected chi connectivity index (χ3v) is 1.94. The maximum absolute atomic E-state index is 3.24. The van der Waals surface area contributed by atoms with Crippen molar-refractivity contribution in [3.8, 4) is 0 Å². The Bertz CT molecular complexity index is 324. The molecule has 0 fully saturated rings. The second-order valence-electron chi connectivity index (χ2n) is 2.95. The average molecular weight is 157 g/mol. The summed E-state index contributed by atoms with van der Waals surface area (Å²) in [5.74, 6) is 0. The van der Waals surface area contributed by atoms with Gasteiger partial charge in [-0.1, -0.05) is 30.4 Å². The summed E-state index contributed by atoms with van der Waals surface area (Å²) in [6, 6.07) is 0. The zero-order chi connectivity index (χ0) is 8.39. The molecule has 0 bridgehead atoms. The lowest BCUT2D eigenvalue weighted by molar-refractivity contribution is 1.06. The maximum Gasteiger partial charge on any atom is 0.0453 e. The Morgan fingerprint density at radius 1 is 1.00 bits per heavy atom. The van der Waals surface area contributed by atoms with Crippen molar-refractivity contribution in [2.45, 2.75) is 6.92 Å². The molecule has 0 amide bonds. The van der Waals surface area contributed by atoms with Crippen LogP contribution in [-0.2, 0) is 0 Å². The van der Waals surface area contributed by atoms with Crippen LogP contribution >= 0.6 is 0 Å². The number of dihydropyridines is 1. The molecule has 1 heterocycles. The Morgan fingerprint density at radius 3 is 2.33 bits per heavy atom. The summed E-state index contributed by atoms with van der Waals surface area (Å²) < 4.78 is 0. The van der Waals surface area contributed by atoms with Gasteiger partial charge in [-0.25, -0.2) is 0 Å². The van der Waals surface area contributed by atoms with Crippen molar-refractivity contribution in [1.82, 2.24) is 5.32 Å². The van der Waals surface area contributed by atoms with Gasteiger partial charge in [-0.3, -0.25) is 0 Å². The minimum absolute atomic E-state index is 1.17. The van der Waals surface area contributed by atoms with Gasteiger partial charge in [-0.15, -0.1) is 0 Å². The first kappa shape index (κ1) is 7.17. The lowest BCUT2D eigenvalue weighted by Crippen LogP contribution is -2.08. The summed E-state index contributed by atoms with van der Waals surface area (Å²) in [6.45, 7) is 2.07. The summed E-state index contributed by atoms with van der Waals surface area (Å²) >= 11 is 0. The molecule has 60 valence electrons. The van der Waals surface area contributed by atoms with E-state index in [2.05, 4.69) is 36.5 Å². The van der Waals surface area contributed by atoms with Crippen LogP contribution in [0, 0.1) is 0 Å². The fraction of sp³-hybridized carbons (Fsp3) is 0.0909. The molecule has 0 spiro atoms. The first-order valence-electron chi connectivity index (χ1n) is 4.07. The molecule has 2 rings (SSSR count). The smallest absolute Gasteiger partial charge is 0.0453 e. The van der Waals surface area contributed by atoms with Gasteiger partial charge in [0.05, 0.1) is 0 Å². The molecule has 12 heavy (non-hydrogen) atoms. The van der Waals surface area contributed by atoms with E-state index in [1.165, 1.54) is 16.8 Å². The highest BCUT2D eigenvalue weighted by Crippen LogP contribution is 2.15. The number of allylic oxidation sites excluding steroid dienone is 8. The van der Waals surface area contributed by atoms with E-state index in [9.17, 15) is 0 Å². The van der Waals surface area contributed by atoms with E-state index in [1.807, 2.05) is 18.4 Å². The molecule has 1 N–H and O–H groups in total.